The Morgan fingerprint density at radius 3 is 2.57 bits per heavy atom. The highest BCUT2D eigenvalue weighted by molar-refractivity contribution is 8.14. The van der Waals surface area contributed by atoms with E-state index in [-0.39, 0.29) is 10.8 Å². The van der Waals surface area contributed by atoms with Gasteiger partial charge in [0.15, 0.2) is 0 Å². The van der Waals surface area contributed by atoms with Gasteiger partial charge < -0.3 is 9.47 Å². The highest BCUT2D eigenvalue weighted by atomic mass is 35.7. The number of amides is 1. The zero-order valence-corrected chi connectivity index (χ0v) is 13.5. The summed E-state index contributed by atoms with van der Waals surface area (Å²) in [4.78, 5) is 13.2. The van der Waals surface area contributed by atoms with Crippen molar-refractivity contribution in [3.8, 4) is 0 Å². The smallest absolute Gasteiger partial charge is 0.263 e. The Balaban J connectivity index is 2.27. The highest BCUT2D eigenvalue weighted by Crippen LogP contribution is 2.28. The Hall–Kier alpha value is -1.53. The quantitative estimate of drug-likeness (QED) is 0.792. The van der Waals surface area contributed by atoms with Gasteiger partial charge in [0.05, 0.1) is 0 Å². The molecule has 0 N–H and O–H groups in total. The van der Waals surface area contributed by atoms with Crippen molar-refractivity contribution in [2.24, 2.45) is 0 Å². The van der Waals surface area contributed by atoms with E-state index in [4.69, 9.17) is 10.7 Å². The van der Waals surface area contributed by atoms with Gasteiger partial charge in [-0.15, -0.1) is 0 Å². The zero-order valence-electron chi connectivity index (χ0n) is 11.9. The Labute approximate surface area is 128 Å². The van der Waals surface area contributed by atoms with Crippen LogP contribution in [0.25, 0.3) is 10.9 Å². The van der Waals surface area contributed by atoms with Crippen LogP contribution in [0.4, 0.5) is 0 Å². The van der Waals surface area contributed by atoms with Gasteiger partial charge in [-0.3, -0.25) is 4.79 Å². The van der Waals surface area contributed by atoms with Crippen LogP contribution in [0.1, 0.15) is 12.8 Å². The number of para-hydroxylation sites is 1. The molecule has 0 unspecified atom stereocenters. The van der Waals surface area contributed by atoms with Crippen molar-refractivity contribution in [3.63, 3.8) is 0 Å². The Kier molecular flexibility index (Phi) is 4.58. The van der Waals surface area contributed by atoms with Crippen LogP contribution in [0.3, 0.4) is 0 Å². The molecule has 0 aliphatic carbocycles. The SMILES string of the molecule is CN(C)C(=O)CCCn1cc(S(=O)(=O)Cl)c2ccccc21. The van der Waals surface area contributed by atoms with Gasteiger partial charge in [0.25, 0.3) is 9.05 Å². The predicted molar refractivity (Wildman–Crippen MR) is 82.9 cm³/mol. The average molecular weight is 329 g/mol. The number of fused-ring (bicyclic) bond motifs is 1. The lowest BCUT2D eigenvalue weighted by Crippen LogP contribution is -2.21. The van der Waals surface area contributed by atoms with Crippen molar-refractivity contribution in [1.82, 2.24) is 9.47 Å². The first-order valence-electron chi connectivity index (χ1n) is 6.53. The second kappa shape index (κ2) is 6.07. The number of aryl methyl sites for hydroxylation is 1. The third-order valence-electron chi connectivity index (χ3n) is 3.30. The van der Waals surface area contributed by atoms with Crippen molar-refractivity contribution in [2.45, 2.75) is 24.3 Å². The minimum atomic E-state index is -3.79. The molecular formula is C14H17ClN2O3S. The number of hydrogen-bond acceptors (Lipinski definition) is 3. The summed E-state index contributed by atoms with van der Waals surface area (Å²) in [6.07, 6.45) is 2.59. The fourth-order valence-corrected chi connectivity index (χ4v) is 3.27. The standard InChI is InChI=1S/C14H17ClN2O3S/c1-16(2)14(18)8-5-9-17-10-13(21(15,19)20)11-6-3-4-7-12(11)17/h3-4,6-7,10H,5,8-9H2,1-2H3. The minimum Gasteiger partial charge on any atom is -0.349 e. The van der Waals surface area contributed by atoms with Crippen molar-refractivity contribution in [3.05, 3.63) is 30.5 Å². The maximum Gasteiger partial charge on any atom is 0.263 e. The van der Waals surface area contributed by atoms with Gasteiger partial charge in [0, 0.05) is 54.8 Å². The van der Waals surface area contributed by atoms with E-state index in [1.165, 1.54) is 6.20 Å². The van der Waals surface area contributed by atoms with Crippen LogP contribution in [0.5, 0.6) is 0 Å². The molecule has 0 radical (unpaired) electrons. The molecule has 0 saturated heterocycles. The highest BCUT2D eigenvalue weighted by Gasteiger charge is 2.18. The number of hydrogen-bond donors (Lipinski definition) is 0. The molecule has 1 heterocycles. The number of aromatic nitrogens is 1. The van der Waals surface area contributed by atoms with Gasteiger partial charge in [0.1, 0.15) is 4.90 Å². The van der Waals surface area contributed by atoms with Crippen LogP contribution >= 0.6 is 10.7 Å². The second-order valence-corrected chi connectivity index (χ2v) is 7.57. The predicted octanol–water partition coefficient (Wildman–Crippen LogP) is 2.44. The van der Waals surface area contributed by atoms with E-state index in [9.17, 15) is 13.2 Å². The molecule has 1 aromatic heterocycles. The summed E-state index contributed by atoms with van der Waals surface area (Å²) in [6.45, 7) is 0.562. The van der Waals surface area contributed by atoms with Crippen LogP contribution in [-0.2, 0) is 20.4 Å². The summed E-state index contributed by atoms with van der Waals surface area (Å²) in [5.74, 6) is 0.0525. The van der Waals surface area contributed by atoms with Crippen LogP contribution < -0.4 is 0 Å². The monoisotopic (exact) mass is 328 g/mol. The number of nitrogens with zero attached hydrogens (tertiary/aromatic N) is 2. The van der Waals surface area contributed by atoms with E-state index in [0.717, 1.165) is 5.52 Å². The van der Waals surface area contributed by atoms with E-state index in [0.29, 0.717) is 24.8 Å². The van der Waals surface area contributed by atoms with Gasteiger partial charge in [0.2, 0.25) is 5.91 Å². The molecule has 0 aliphatic heterocycles. The normalized spacial score (nSPS) is 11.8. The third-order valence-corrected chi connectivity index (χ3v) is 4.65. The first-order chi connectivity index (χ1) is 9.80. The Morgan fingerprint density at radius 2 is 1.95 bits per heavy atom. The first kappa shape index (κ1) is 15.9. The van der Waals surface area contributed by atoms with E-state index < -0.39 is 9.05 Å². The summed E-state index contributed by atoms with van der Waals surface area (Å²) in [5.41, 5.74) is 0.800. The molecule has 7 heteroatoms. The molecule has 0 bridgehead atoms. The summed E-state index contributed by atoms with van der Waals surface area (Å²) < 4.78 is 25.1. The Morgan fingerprint density at radius 1 is 1.29 bits per heavy atom. The van der Waals surface area contributed by atoms with Gasteiger partial charge in [-0.25, -0.2) is 8.42 Å². The number of rotatable bonds is 5. The van der Waals surface area contributed by atoms with Crippen molar-refractivity contribution in [1.29, 1.82) is 0 Å². The topological polar surface area (TPSA) is 59.4 Å². The molecule has 1 amide bonds. The van der Waals surface area contributed by atoms with E-state index in [1.54, 1.807) is 31.1 Å². The zero-order chi connectivity index (χ0) is 15.6. The molecule has 0 saturated carbocycles. The first-order valence-corrected chi connectivity index (χ1v) is 8.84. The maximum absolute atomic E-state index is 11.6. The molecule has 0 spiro atoms. The number of carbonyl (C=O) groups excluding carboxylic acids is 1. The molecule has 21 heavy (non-hydrogen) atoms. The molecule has 2 rings (SSSR count). The van der Waals surface area contributed by atoms with E-state index >= 15 is 0 Å². The van der Waals surface area contributed by atoms with Crippen molar-refractivity contribution >= 4 is 36.5 Å². The Bertz CT molecular complexity index is 766. The van der Waals surface area contributed by atoms with E-state index in [1.807, 2.05) is 16.7 Å². The fourth-order valence-electron chi connectivity index (χ4n) is 2.22. The lowest BCUT2D eigenvalue weighted by atomic mass is 10.2. The third kappa shape index (κ3) is 3.57. The van der Waals surface area contributed by atoms with Crippen LogP contribution in [0.2, 0.25) is 0 Å². The van der Waals surface area contributed by atoms with E-state index in [2.05, 4.69) is 0 Å². The van der Waals surface area contributed by atoms with Gasteiger partial charge >= 0.3 is 0 Å². The molecule has 114 valence electrons. The maximum atomic E-state index is 11.6. The number of halogens is 1. The number of benzene rings is 1. The summed E-state index contributed by atoms with van der Waals surface area (Å²) in [6, 6.07) is 7.18. The van der Waals surface area contributed by atoms with Crippen LogP contribution in [0.15, 0.2) is 35.4 Å². The number of carbonyl (C=O) groups is 1. The lowest BCUT2D eigenvalue weighted by molar-refractivity contribution is -0.128. The molecule has 1 aromatic carbocycles. The average Bonchev–Trinajstić information content (AvgIpc) is 2.78. The molecule has 2 aromatic rings. The van der Waals surface area contributed by atoms with Gasteiger partial charge in [-0.05, 0) is 12.5 Å². The van der Waals surface area contributed by atoms with Crippen molar-refractivity contribution in [2.75, 3.05) is 14.1 Å². The van der Waals surface area contributed by atoms with Gasteiger partial charge in [-0.1, -0.05) is 18.2 Å². The minimum absolute atomic E-state index is 0.0525. The second-order valence-electron chi connectivity index (χ2n) is 5.03. The summed E-state index contributed by atoms with van der Waals surface area (Å²) >= 11 is 0. The molecule has 5 nitrogen and oxygen atoms in total. The van der Waals surface area contributed by atoms with Crippen LogP contribution in [0, 0.1) is 0 Å². The van der Waals surface area contributed by atoms with Gasteiger partial charge in [-0.2, -0.15) is 0 Å². The van der Waals surface area contributed by atoms with Crippen LogP contribution in [-0.4, -0.2) is 37.9 Å². The fraction of sp³-hybridized carbons (Fsp3) is 0.357. The summed E-state index contributed by atoms with van der Waals surface area (Å²) in [7, 11) is 5.12. The largest absolute Gasteiger partial charge is 0.349 e. The molecule has 0 atom stereocenters. The summed E-state index contributed by atoms with van der Waals surface area (Å²) in [5, 5.41) is 0.603. The molecular weight excluding hydrogens is 312 g/mol. The molecule has 0 aliphatic rings. The molecule has 0 fully saturated rings. The van der Waals surface area contributed by atoms with Crippen molar-refractivity contribution < 1.29 is 13.2 Å². The lowest BCUT2D eigenvalue weighted by Gasteiger charge is -2.10.